The topological polar surface area (TPSA) is 42.3 Å². The van der Waals surface area contributed by atoms with Gasteiger partial charge >= 0.3 is 0 Å². The summed E-state index contributed by atoms with van der Waals surface area (Å²) in [6.07, 6.45) is 4.34. The number of hydrogen-bond acceptors (Lipinski definition) is 3. The zero-order valence-corrected chi connectivity index (χ0v) is 17.8. The zero-order valence-electron chi connectivity index (χ0n) is 17.8. The number of piperidine rings is 1. The summed E-state index contributed by atoms with van der Waals surface area (Å²) >= 11 is 0. The van der Waals surface area contributed by atoms with Gasteiger partial charge in [-0.1, -0.05) is 66.7 Å². The van der Waals surface area contributed by atoms with Gasteiger partial charge in [0.2, 0.25) is 0 Å². The van der Waals surface area contributed by atoms with Crippen LogP contribution in [0.3, 0.4) is 0 Å². The van der Waals surface area contributed by atoms with Crippen molar-refractivity contribution in [1.82, 2.24) is 9.47 Å². The molecular formula is C28H24N2O2. The lowest BCUT2D eigenvalue weighted by Gasteiger charge is -2.27. The van der Waals surface area contributed by atoms with Crippen LogP contribution in [0.25, 0.3) is 17.0 Å². The maximum atomic E-state index is 13.2. The van der Waals surface area contributed by atoms with Crippen molar-refractivity contribution in [3.05, 3.63) is 113 Å². The third-order valence-electron chi connectivity index (χ3n) is 5.97. The van der Waals surface area contributed by atoms with Gasteiger partial charge in [-0.25, -0.2) is 0 Å². The van der Waals surface area contributed by atoms with Crippen molar-refractivity contribution in [2.24, 2.45) is 0 Å². The summed E-state index contributed by atoms with van der Waals surface area (Å²) in [7, 11) is 0. The van der Waals surface area contributed by atoms with Crippen LogP contribution >= 0.6 is 0 Å². The van der Waals surface area contributed by atoms with Crippen molar-refractivity contribution in [2.45, 2.75) is 13.0 Å². The number of Topliss-reactive ketones (excluding diaryl/α,β-unsaturated/α-hetero) is 1. The standard InChI is InChI=1S/C28H24N2O2/c31-27-15-16-29(18-21-9-3-1-4-10-21)19-24(27)17-23-20-30(26-14-8-7-13-25(23)26)28(32)22-11-5-2-6-12-22/h1-14,17,20H,15-16,18-19H2/b24-17+. The molecule has 32 heavy (non-hydrogen) atoms. The first-order valence-corrected chi connectivity index (χ1v) is 10.9. The lowest BCUT2D eigenvalue weighted by Crippen LogP contribution is -2.35. The van der Waals surface area contributed by atoms with Gasteiger partial charge in [0.1, 0.15) is 0 Å². The Morgan fingerprint density at radius 2 is 1.56 bits per heavy atom. The van der Waals surface area contributed by atoms with Gasteiger partial charge in [-0.2, -0.15) is 0 Å². The summed E-state index contributed by atoms with van der Waals surface area (Å²) in [5.41, 5.74) is 4.41. The average molecular weight is 421 g/mol. The fourth-order valence-corrected chi connectivity index (χ4v) is 4.33. The van der Waals surface area contributed by atoms with E-state index < -0.39 is 0 Å². The van der Waals surface area contributed by atoms with Crippen molar-refractivity contribution in [3.63, 3.8) is 0 Å². The van der Waals surface area contributed by atoms with E-state index in [2.05, 4.69) is 17.0 Å². The minimum Gasteiger partial charge on any atom is -0.294 e. The van der Waals surface area contributed by atoms with E-state index in [1.807, 2.05) is 85.1 Å². The van der Waals surface area contributed by atoms with Gasteiger partial charge in [-0.3, -0.25) is 19.1 Å². The summed E-state index contributed by atoms with van der Waals surface area (Å²) in [5, 5.41) is 0.970. The van der Waals surface area contributed by atoms with Crippen LogP contribution < -0.4 is 0 Å². The SMILES string of the molecule is O=C1CCN(Cc2ccccc2)C/C1=C\c1cn(C(=O)c2ccccc2)c2ccccc12. The molecule has 0 N–H and O–H groups in total. The maximum absolute atomic E-state index is 13.2. The molecule has 5 rings (SSSR count). The van der Waals surface area contributed by atoms with E-state index in [1.165, 1.54) is 5.56 Å². The fraction of sp³-hybridized carbons (Fsp3) is 0.143. The normalized spacial score (nSPS) is 16.0. The lowest BCUT2D eigenvalue weighted by molar-refractivity contribution is -0.117. The fourth-order valence-electron chi connectivity index (χ4n) is 4.33. The molecule has 3 aromatic carbocycles. The number of hydrogen-bond donors (Lipinski definition) is 0. The second kappa shape index (κ2) is 8.77. The number of carbonyl (C=O) groups excluding carboxylic acids is 2. The highest BCUT2D eigenvalue weighted by Gasteiger charge is 2.22. The number of benzene rings is 3. The van der Waals surface area contributed by atoms with E-state index in [0.29, 0.717) is 18.5 Å². The highest BCUT2D eigenvalue weighted by Crippen LogP contribution is 2.26. The van der Waals surface area contributed by atoms with Crippen LogP contribution in [-0.4, -0.2) is 34.2 Å². The summed E-state index contributed by atoms with van der Waals surface area (Å²) < 4.78 is 1.69. The van der Waals surface area contributed by atoms with E-state index in [1.54, 1.807) is 4.57 Å². The van der Waals surface area contributed by atoms with Gasteiger partial charge in [0.25, 0.3) is 5.91 Å². The molecule has 4 heteroatoms. The number of rotatable bonds is 4. The van der Waals surface area contributed by atoms with Crippen LogP contribution in [0.5, 0.6) is 0 Å². The molecule has 158 valence electrons. The molecule has 0 saturated carbocycles. The molecule has 0 bridgehead atoms. The highest BCUT2D eigenvalue weighted by atomic mass is 16.2. The minimum absolute atomic E-state index is 0.0767. The first-order chi connectivity index (χ1) is 15.7. The highest BCUT2D eigenvalue weighted by molar-refractivity contribution is 6.07. The molecule has 1 aliphatic heterocycles. The van der Waals surface area contributed by atoms with Gasteiger partial charge in [0, 0.05) is 54.3 Å². The summed E-state index contributed by atoms with van der Waals surface area (Å²) in [4.78, 5) is 28.2. The molecule has 0 radical (unpaired) electrons. The van der Waals surface area contributed by atoms with Crippen LogP contribution in [0.1, 0.15) is 27.9 Å². The molecule has 0 atom stereocenters. The molecule has 4 nitrogen and oxygen atoms in total. The van der Waals surface area contributed by atoms with Gasteiger partial charge in [0.15, 0.2) is 5.78 Å². The van der Waals surface area contributed by atoms with Gasteiger partial charge in [-0.15, -0.1) is 0 Å². The van der Waals surface area contributed by atoms with Crippen LogP contribution in [-0.2, 0) is 11.3 Å². The number of nitrogens with zero attached hydrogens (tertiary/aromatic N) is 2. The predicted molar refractivity (Wildman–Crippen MR) is 127 cm³/mol. The second-order valence-corrected chi connectivity index (χ2v) is 8.18. The first kappa shape index (κ1) is 20.2. The molecule has 0 amide bonds. The molecule has 0 aliphatic carbocycles. The van der Waals surface area contributed by atoms with E-state index >= 15 is 0 Å². The van der Waals surface area contributed by atoms with Crippen LogP contribution in [0.2, 0.25) is 0 Å². The molecule has 0 unspecified atom stereocenters. The smallest absolute Gasteiger partial charge is 0.262 e. The molecule has 1 aliphatic rings. The Morgan fingerprint density at radius 3 is 2.34 bits per heavy atom. The summed E-state index contributed by atoms with van der Waals surface area (Å²) in [6, 6.07) is 27.4. The number of fused-ring (bicyclic) bond motifs is 1. The monoisotopic (exact) mass is 420 g/mol. The van der Waals surface area contributed by atoms with Gasteiger partial charge < -0.3 is 0 Å². The van der Waals surface area contributed by atoms with E-state index in [0.717, 1.165) is 35.1 Å². The largest absolute Gasteiger partial charge is 0.294 e. The van der Waals surface area contributed by atoms with Crippen molar-refractivity contribution >= 4 is 28.7 Å². The molecule has 1 aromatic heterocycles. The molecule has 2 heterocycles. The lowest BCUT2D eigenvalue weighted by atomic mass is 9.99. The van der Waals surface area contributed by atoms with Crippen molar-refractivity contribution in [1.29, 1.82) is 0 Å². The third kappa shape index (κ3) is 4.05. The number of para-hydroxylation sites is 1. The Labute approximate surface area is 187 Å². The molecule has 4 aromatic rings. The van der Waals surface area contributed by atoms with Crippen LogP contribution in [0.15, 0.2) is 96.7 Å². The minimum atomic E-state index is -0.0767. The van der Waals surface area contributed by atoms with Crippen molar-refractivity contribution in [3.8, 4) is 0 Å². The van der Waals surface area contributed by atoms with Gasteiger partial charge in [0.05, 0.1) is 5.52 Å². The Morgan fingerprint density at radius 1 is 0.875 bits per heavy atom. The number of likely N-dealkylation sites (tertiary alicyclic amines) is 1. The summed E-state index contributed by atoms with van der Waals surface area (Å²) in [5.74, 6) is 0.104. The Kier molecular flexibility index (Phi) is 5.53. The summed E-state index contributed by atoms with van der Waals surface area (Å²) in [6.45, 7) is 2.19. The maximum Gasteiger partial charge on any atom is 0.262 e. The predicted octanol–water partition coefficient (Wildman–Crippen LogP) is 5.19. The Bertz CT molecular complexity index is 1300. The Balaban J connectivity index is 1.49. The van der Waals surface area contributed by atoms with Crippen molar-refractivity contribution in [2.75, 3.05) is 13.1 Å². The van der Waals surface area contributed by atoms with Crippen LogP contribution in [0.4, 0.5) is 0 Å². The number of aromatic nitrogens is 1. The zero-order chi connectivity index (χ0) is 21.9. The molecule has 1 saturated heterocycles. The average Bonchev–Trinajstić information content (AvgIpc) is 3.20. The van der Waals surface area contributed by atoms with Gasteiger partial charge in [-0.05, 0) is 29.8 Å². The van der Waals surface area contributed by atoms with E-state index in [9.17, 15) is 9.59 Å². The molecule has 1 fully saturated rings. The number of carbonyl (C=O) groups is 2. The quantitative estimate of drug-likeness (QED) is 0.427. The second-order valence-electron chi connectivity index (χ2n) is 8.18. The van der Waals surface area contributed by atoms with E-state index in [4.69, 9.17) is 0 Å². The molecular weight excluding hydrogens is 396 g/mol. The number of ketones is 1. The first-order valence-electron chi connectivity index (χ1n) is 10.9. The van der Waals surface area contributed by atoms with Crippen LogP contribution in [0, 0.1) is 0 Å². The molecule has 0 spiro atoms. The van der Waals surface area contributed by atoms with E-state index in [-0.39, 0.29) is 11.7 Å². The van der Waals surface area contributed by atoms with Crippen molar-refractivity contribution < 1.29 is 9.59 Å². The Hall–Kier alpha value is -3.76. The third-order valence-corrected chi connectivity index (χ3v) is 5.97.